The van der Waals surface area contributed by atoms with E-state index < -0.39 is 0 Å². The number of amides is 1. The zero-order valence-corrected chi connectivity index (χ0v) is 11.8. The number of aryl methyl sites for hydroxylation is 1. The van der Waals surface area contributed by atoms with Crippen LogP contribution >= 0.6 is 0 Å². The molecule has 1 atom stereocenters. The Bertz CT molecular complexity index is 431. The summed E-state index contributed by atoms with van der Waals surface area (Å²) >= 11 is 0. The highest BCUT2D eigenvalue weighted by Crippen LogP contribution is 2.26. The molecule has 0 aromatic heterocycles. The molecular formula is C16H24N2O. The molecular weight excluding hydrogens is 236 g/mol. The number of benzene rings is 1. The highest BCUT2D eigenvalue weighted by molar-refractivity contribution is 5.79. The van der Waals surface area contributed by atoms with Gasteiger partial charge in [0.05, 0.1) is 0 Å². The average Bonchev–Trinajstić information content (AvgIpc) is 2.47. The van der Waals surface area contributed by atoms with Gasteiger partial charge in [0.25, 0.3) is 0 Å². The van der Waals surface area contributed by atoms with E-state index in [0.717, 1.165) is 38.8 Å². The molecule has 1 aromatic carbocycles. The fourth-order valence-corrected chi connectivity index (χ4v) is 2.87. The Balaban J connectivity index is 2.01. The minimum atomic E-state index is 0.160. The Morgan fingerprint density at radius 2 is 2.11 bits per heavy atom. The normalized spacial score (nSPS) is 17.9. The summed E-state index contributed by atoms with van der Waals surface area (Å²) in [5.74, 6) is 0.470. The molecule has 19 heavy (non-hydrogen) atoms. The summed E-state index contributed by atoms with van der Waals surface area (Å²) in [4.78, 5) is 14.5. The van der Waals surface area contributed by atoms with Crippen LogP contribution in [0.2, 0.25) is 0 Å². The van der Waals surface area contributed by atoms with Crippen LogP contribution in [0.1, 0.15) is 30.9 Å². The first-order valence-electron chi connectivity index (χ1n) is 7.32. The summed E-state index contributed by atoms with van der Waals surface area (Å²) in [5, 5.41) is 0. The third-order valence-corrected chi connectivity index (χ3v) is 4.02. The van der Waals surface area contributed by atoms with Crippen molar-refractivity contribution in [2.24, 2.45) is 11.7 Å². The van der Waals surface area contributed by atoms with E-state index in [2.05, 4.69) is 24.3 Å². The maximum atomic E-state index is 12.5. The predicted octanol–water partition coefficient (Wildman–Crippen LogP) is 1.99. The fourth-order valence-electron chi connectivity index (χ4n) is 2.87. The molecule has 1 aromatic rings. The van der Waals surface area contributed by atoms with Gasteiger partial charge in [0.15, 0.2) is 0 Å². The van der Waals surface area contributed by atoms with Gasteiger partial charge < -0.3 is 10.6 Å². The highest BCUT2D eigenvalue weighted by Gasteiger charge is 2.27. The zero-order chi connectivity index (χ0) is 13.7. The standard InChI is InChI=1S/C16H24N2O/c1-2-18(11-5-10-17)16(19)15-9-8-13-6-3-4-7-14(13)12-15/h3-4,6-7,15H,2,5,8-12,17H2,1H3. The molecule has 2 N–H and O–H groups in total. The van der Waals surface area contributed by atoms with Crippen LogP contribution in [0.3, 0.4) is 0 Å². The van der Waals surface area contributed by atoms with Crippen LogP contribution in [0.25, 0.3) is 0 Å². The molecule has 1 amide bonds. The minimum absolute atomic E-state index is 0.160. The third kappa shape index (κ3) is 3.35. The van der Waals surface area contributed by atoms with Gasteiger partial charge in [0.1, 0.15) is 0 Å². The highest BCUT2D eigenvalue weighted by atomic mass is 16.2. The monoisotopic (exact) mass is 260 g/mol. The Morgan fingerprint density at radius 1 is 1.37 bits per heavy atom. The second-order valence-corrected chi connectivity index (χ2v) is 5.27. The molecule has 3 heteroatoms. The van der Waals surface area contributed by atoms with Gasteiger partial charge in [0.2, 0.25) is 5.91 Å². The number of rotatable bonds is 5. The number of carbonyl (C=O) groups is 1. The summed E-state index contributed by atoms with van der Waals surface area (Å²) in [6, 6.07) is 8.49. The van der Waals surface area contributed by atoms with Crippen molar-refractivity contribution in [1.29, 1.82) is 0 Å². The lowest BCUT2D eigenvalue weighted by Crippen LogP contribution is -2.39. The molecule has 0 bridgehead atoms. The molecule has 0 radical (unpaired) electrons. The van der Waals surface area contributed by atoms with E-state index in [1.54, 1.807) is 0 Å². The van der Waals surface area contributed by atoms with E-state index in [1.807, 2.05) is 11.8 Å². The van der Waals surface area contributed by atoms with Crippen molar-refractivity contribution in [1.82, 2.24) is 4.90 Å². The van der Waals surface area contributed by atoms with Crippen molar-refractivity contribution in [3.8, 4) is 0 Å². The van der Waals surface area contributed by atoms with Crippen LogP contribution in [0, 0.1) is 5.92 Å². The van der Waals surface area contributed by atoms with Crippen LogP contribution < -0.4 is 5.73 Å². The van der Waals surface area contributed by atoms with Crippen molar-refractivity contribution >= 4 is 5.91 Å². The lowest BCUT2D eigenvalue weighted by atomic mass is 9.83. The molecule has 0 fully saturated rings. The molecule has 1 aliphatic rings. The first kappa shape index (κ1) is 14.1. The summed E-state index contributed by atoms with van der Waals surface area (Å²) in [7, 11) is 0. The SMILES string of the molecule is CCN(CCCN)C(=O)C1CCc2ccccc2C1. The second-order valence-electron chi connectivity index (χ2n) is 5.27. The summed E-state index contributed by atoms with van der Waals surface area (Å²) in [6.45, 7) is 4.28. The molecule has 0 spiro atoms. The first-order valence-corrected chi connectivity index (χ1v) is 7.32. The van der Waals surface area contributed by atoms with Crippen LogP contribution in [0.5, 0.6) is 0 Å². The molecule has 0 saturated heterocycles. The maximum Gasteiger partial charge on any atom is 0.226 e. The van der Waals surface area contributed by atoms with E-state index in [-0.39, 0.29) is 5.92 Å². The first-order chi connectivity index (χ1) is 9.26. The van der Waals surface area contributed by atoms with Gasteiger partial charge in [-0.15, -0.1) is 0 Å². The van der Waals surface area contributed by atoms with Gasteiger partial charge in [-0.1, -0.05) is 24.3 Å². The third-order valence-electron chi connectivity index (χ3n) is 4.02. The number of hydrogen-bond donors (Lipinski definition) is 1. The minimum Gasteiger partial charge on any atom is -0.343 e. The zero-order valence-electron chi connectivity index (χ0n) is 11.8. The fraction of sp³-hybridized carbons (Fsp3) is 0.562. The summed E-state index contributed by atoms with van der Waals surface area (Å²) in [5.41, 5.74) is 8.30. The molecule has 1 unspecified atom stereocenters. The Morgan fingerprint density at radius 3 is 2.79 bits per heavy atom. The average molecular weight is 260 g/mol. The molecule has 1 aliphatic carbocycles. The topological polar surface area (TPSA) is 46.3 Å². The molecule has 0 saturated carbocycles. The number of nitrogens with two attached hydrogens (primary N) is 1. The molecule has 2 rings (SSSR count). The van der Waals surface area contributed by atoms with Gasteiger partial charge in [-0.2, -0.15) is 0 Å². The van der Waals surface area contributed by atoms with Crippen molar-refractivity contribution in [3.63, 3.8) is 0 Å². The number of fused-ring (bicyclic) bond motifs is 1. The lowest BCUT2D eigenvalue weighted by molar-refractivity contribution is -0.135. The van der Waals surface area contributed by atoms with Gasteiger partial charge in [-0.3, -0.25) is 4.79 Å². The number of carbonyl (C=O) groups excluding carboxylic acids is 1. The van der Waals surface area contributed by atoms with Crippen LogP contribution in [-0.4, -0.2) is 30.4 Å². The van der Waals surface area contributed by atoms with Gasteiger partial charge in [-0.25, -0.2) is 0 Å². The van der Waals surface area contributed by atoms with Crippen LogP contribution in [0.4, 0.5) is 0 Å². The van der Waals surface area contributed by atoms with E-state index in [1.165, 1.54) is 11.1 Å². The van der Waals surface area contributed by atoms with E-state index in [0.29, 0.717) is 12.5 Å². The van der Waals surface area contributed by atoms with Crippen molar-refractivity contribution in [2.75, 3.05) is 19.6 Å². The van der Waals surface area contributed by atoms with E-state index in [4.69, 9.17) is 5.73 Å². The Hall–Kier alpha value is -1.35. The quantitative estimate of drug-likeness (QED) is 0.880. The molecule has 3 nitrogen and oxygen atoms in total. The second kappa shape index (κ2) is 6.71. The number of hydrogen-bond acceptors (Lipinski definition) is 2. The molecule has 0 heterocycles. The predicted molar refractivity (Wildman–Crippen MR) is 77.9 cm³/mol. The summed E-state index contributed by atoms with van der Waals surface area (Å²) < 4.78 is 0. The largest absolute Gasteiger partial charge is 0.343 e. The van der Waals surface area contributed by atoms with Gasteiger partial charge in [0, 0.05) is 19.0 Å². The Labute approximate surface area is 115 Å². The smallest absolute Gasteiger partial charge is 0.226 e. The van der Waals surface area contributed by atoms with Crippen molar-refractivity contribution < 1.29 is 4.79 Å². The number of nitrogens with zero attached hydrogens (tertiary/aromatic N) is 1. The summed E-state index contributed by atoms with van der Waals surface area (Å²) in [6.07, 6.45) is 3.80. The van der Waals surface area contributed by atoms with E-state index in [9.17, 15) is 4.79 Å². The van der Waals surface area contributed by atoms with Gasteiger partial charge >= 0.3 is 0 Å². The maximum absolute atomic E-state index is 12.5. The van der Waals surface area contributed by atoms with Crippen LogP contribution in [0.15, 0.2) is 24.3 Å². The van der Waals surface area contributed by atoms with Gasteiger partial charge in [-0.05, 0) is 50.3 Å². The Kier molecular flexibility index (Phi) is 4.97. The molecule has 104 valence electrons. The van der Waals surface area contributed by atoms with Crippen molar-refractivity contribution in [2.45, 2.75) is 32.6 Å². The van der Waals surface area contributed by atoms with E-state index >= 15 is 0 Å². The van der Waals surface area contributed by atoms with Crippen molar-refractivity contribution in [3.05, 3.63) is 35.4 Å². The lowest BCUT2D eigenvalue weighted by Gasteiger charge is -2.29. The molecule has 0 aliphatic heterocycles. The van der Waals surface area contributed by atoms with Crippen LogP contribution in [-0.2, 0) is 17.6 Å².